The van der Waals surface area contributed by atoms with Gasteiger partial charge in [-0.3, -0.25) is 0 Å². The number of nitrogens with zero attached hydrogens (tertiary/aromatic N) is 1. The van der Waals surface area contributed by atoms with Crippen molar-refractivity contribution in [1.82, 2.24) is 9.62 Å². The summed E-state index contributed by atoms with van der Waals surface area (Å²) in [6, 6.07) is 3.24. The van der Waals surface area contributed by atoms with E-state index in [4.69, 9.17) is 0 Å². The molecular formula is C12H17F3N2O2S2. The average molecular weight is 342 g/mol. The first-order chi connectivity index (χ1) is 9.75. The maximum Gasteiger partial charge on any atom is 0.391 e. The van der Waals surface area contributed by atoms with Crippen LogP contribution in [0.4, 0.5) is 13.2 Å². The Labute approximate surface area is 126 Å². The molecule has 0 spiro atoms. The third-order valence-electron chi connectivity index (χ3n) is 3.50. The SMILES string of the molecule is CNCc1ccc(S(=O)(=O)N2CCC(C(F)(F)F)CC2)s1. The fourth-order valence-electron chi connectivity index (χ4n) is 2.32. The molecule has 1 aromatic rings. The first-order valence-corrected chi connectivity index (χ1v) is 8.81. The van der Waals surface area contributed by atoms with Gasteiger partial charge in [0.15, 0.2) is 0 Å². The van der Waals surface area contributed by atoms with Crippen LogP contribution < -0.4 is 5.32 Å². The Morgan fingerprint density at radius 2 is 1.95 bits per heavy atom. The zero-order valence-electron chi connectivity index (χ0n) is 11.5. The predicted molar refractivity (Wildman–Crippen MR) is 74.6 cm³/mol. The van der Waals surface area contributed by atoms with Crippen molar-refractivity contribution in [3.8, 4) is 0 Å². The molecule has 1 saturated heterocycles. The van der Waals surface area contributed by atoms with Crippen molar-refractivity contribution in [2.45, 2.75) is 29.8 Å². The van der Waals surface area contributed by atoms with Gasteiger partial charge in [-0.1, -0.05) is 0 Å². The fraction of sp³-hybridized carbons (Fsp3) is 0.667. The Hall–Kier alpha value is -0.640. The first-order valence-electron chi connectivity index (χ1n) is 6.55. The molecule has 0 amide bonds. The molecule has 2 heterocycles. The lowest BCUT2D eigenvalue weighted by Gasteiger charge is -2.31. The molecule has 1 aromatic heterocycles. The second-order valence-corrected chi connectivity index (χ2v) is 8.30. The summed E-state index contributed by atoms with van der Waals surface area (Å²) in [7, 11) is -1.91. The van der Waals surface area contributed by atoms with Crippen LogP contribution in [0.15, 0.2) is 16.3 Å². The van der Waals surface area contributed by atoms with Crippen molar-refractivity contribution in [3.63, 3.8) is 0 Å². The molecule has 120 valence electrons. The van der Waals surface area contributed by atoms with Crippen molar-refractivity contribution in [2.24, 2.45) is 5.92 Å². The summed E-state index contributed by atoms with van der Waals surface area (Å²) in [5.74, 6) is -1.40. The van der Waals surface area contributed by atoms with Crippen LogP contribution in [-0.2, 0) is 16.6 Å². The normalized spacial score (nSPS) is 19.0. The molecule has 0 atom stereocenters. The van der Waals surface area contributed by atoms with Gasteiger partial charge in [-0.25, -0.2) is 8.42 Å². The minimum Gasteiger partial charge on any atom is -0.315 e. The van der Waals surface area contributed by atoms with Crippen LogP contribution in [0.25, 0.3) is 0 Å². The topological polar surface area (TPSA) is 49.4 Å². The number of nitrogens with one attached hydrogen (secondary N) is 1. The highest BCUT2D eigenvalue weighted by Gasteiger charge is 2.43. The Kier molecular flexibility index (Phi) is 4.96. The fourth-order valence-corrected chi connectivity index (χ4v) is 5.31. The van der Waals surface area contributed by atoms with Crippen LogP contribution in [0.2, 0.25) is 0 Å². The molecule has 1 fully saturated rings. The molecule has 0 bridgehead atoms. The molecule has 2 rings (SSSR count). The molecule has 0 aliphatic carbocycles. The van der Waals surface area contributed by atoms with Gasteiger partial charge in [0.25, 0.3) is 10.0 Å². The lowest BCUT2D eigenvalue weighted by Crippen LogP contribution is -2.41. The van der Waals surface area contributed by atoms with Gasteiger partial charge in [0.1, 0.15) is 4.21 Å². The molecule has 4 nitrogen and oxygen atoms in total. The number of alkyl halides is 3. The van der Waals surface area contributed by atoms with E-state index in [2.05, 4.69) is 5.32 Å². The average Bonchev–Trinajstić information content (AvgIpc) is 2.88. The van der Waals surface area contributed by atoms with Gasteiger partial charge in [-0.2, -0.15) is 17.5 Å². The first kappa shape index (κ1) is 16.7. The van der Waals surface area contributed by atoms with Gasteiger partial charge in [0.05, 0.1) is 5.92 Å². The number of hydrogen-bond donors (Lipinski definition) is 1. The van der Waals surface area contributed by atoms with E-state index in [1.54, 1.807) is 13.1 Å². The van der Waals surface area contributed by atoms with Gasteiger partial charge in [0, 0.05) is 24.5 Å². The molecule has 9 heteroatoms. The Morgan fingerprint density at radius 1 is 1.33 bits per heavy atom. The van der Waals surface area contributed by atoms with E-state index >= 15 is 0 Å². The van der Waals surface area contributed by atoms with Crippen molar-refractivity contribution in [1.29, 1.82) is 0 Å². The minimum atomic E-state index is -4.24. The highest BCUT2D eigenvalue weighted by atomic mass is 32.2. The zero-order valence-corrected chi connectivity index (χ0v) is 13.1. The van der Waals surface area contributed by atoms with Crippen LogP contribution in [0.3, 0.4) is 0 Å². The summed E-state index contributed by atoms with van der Waals surface area (Å²) in [5.41, 5.74) is 0. The monoisotopic (exact) mass is 342 g/mol. The highest BCUT2D eigenvalue weighted by Crippen LogP contribution is 2.36. The molecular weight excluding hydrogens is 325 g/mol. The van der Waals surface area contributed by atoms with Gasteiger partial charge in [-0.05, 0) is 32.0 Å². The summed E-state index contributed by atoms with van der Waals surface area (Å²) in [4.78, 5) is 0.876. The third kappa shape index (κ3) is 3.77. The number of hydrogen-bond acceptors (Lipinski definition) is 4. The molecule has 0 aromatic carbocycles. The molecule has 21 heavy (non-hydrogen) atoms. The maximum absolute atomic E-state index is 12.6. The number of halogens is 3. The number of sulfonamides is 1. The second-order valence-electron chi connectivity index (χ2n) is 4.97. The summed E-state index contributed by atoms with van der Waals surface area (Å²) in [5, 5.41) is 2.93. The maximum atomic E-state index is 12.6. The van der Waals surface area contributed by atoms with Gasteiger partial charge >= 0.3 is 6.18 Å². The third-order valence-corrected chi connectivity index (χ3v) is 6.95. The van der Waals surface area contributed by atoms with Crippen LogP contribution in [-0.4, -0.2) is 39.0 Å². The van der Waals surface area contributed by atoms with Gasteiger partial charge < -0.3 is 5.32 Å². The van der Waals surface area contributed by atoms with E-state index in [1.165, 1.54) is 6.07 Å². The van der Waals surface area contributed by atoms with Gasteiger partial charge in [-0.15, -0.1) is 11.3 Å². The summed E-state index contributed by atoms with van der Waals surface area (Å²) >= 11 is 1.15. The van der Waals surface area contributed by atoms with E-state index in [0.717, 1.165) is 20.5 Å². The van der Waals surface area contributed by atoms with Crippen molar-refractivity contribution >= 4 is 21.4 Å². The number of rotatable bonds is 4. The van der Waals surface area contributed by atoms with Crippen molar-refractivity contribution < 1.29 is 21.6 Å². The molecule has 0 saturated carbocycles. The lowest BCUT2D eigenvalue weighted by atomic mass is 9.98. The van der Waals surface area contributed by atoms with E-state index in [9.17, 15) is 21.6 Å². The zero-order chi connectivity index (χ0) is 15.7. The van der Waals surface area contributed by atoms with Crippen LogP contribution in [0, 0.1) is 5.92 Å². The van der Waals surface area contributed by atoms with E-state index < -0.39 is 22.1 Å². The molecule has 0 unspecified atom stereocenters. The van der Waals surface area contributed by atoms with Crippen LogP contribution in [0.1, 0.15) is 17.7 Å². The Morgan fingerprint density at radius 3 is 2.48 bits per heavy atom. The van der Waals surface area contributed by atoms with Crippen LogP contribution in [0.5, 0.6) is 0 Å². The quantitative estimate of drug-likeness (QED) is 0.914. The molecule has 1 aliphatic heterocycles. The Bertz CT molecular complexity index is 576. The Balaban J connectivity index is 2.07. The summed E-state index contributed by atoms with van der Waals surface area (Å²) < 4.78 is 64.0. The van der Waals surface area contributed by atoms with Crippen molar-refractivity contribution in [2.75, 3.05) is 20.1 Å². The number of thiophene rings is 1. The molecule has 1 aliphatic rings. The lowest BCUT2D eigenvalue weighted by molar-refractivity contribution is -0.182. The highest BCUT2D eigenvalue weighted by molar-refractivity contribution is 7.91. The van der Waals surface area contributed by atoms with E-state index in [0.29, 0.717) is 6.54 Å². The summed E-state index contributed by atoms with van der Waals surface area (Å²) in [6.07, 6.45) is -4.58. The second kappa shape index (κ2) is 6.23. The minimum absolute atomic E-state index is 0.0776. The largest absolute Gasteiger partial charge is 0.391 e. The molecule has 1 N–H and O–H groups in total. The molecule has 0 radical (unpaired) electrons. The van der Waals surface area contributed by atoms with Crippen molar-refractivity contribution in [3.05, 3.63) is 17.0 Å². The van der Waals surface area contributed by atoms with Crippen LogP contribution >= 0.6 is 11.3 Å². The summed E-state index contributed by atoms with van der Waals surface area (Å²) in [6.45, 7) is 0.411. The number of piperidine rings is 1. The van der Waals surface area contributed by atoms with E-state index in [1.807, 2.05) is 0 Å². The smallest absolute Gasteiger partial charge is 0.315 e. The van der Waals surface area contributed by atoms with Gasteiger partial charge in [0.2, 0.25) is 0 Å². The predicted octanol–water partition coefficient (Wildman–Crippen LogP) is 2.43. The van der Waals surface area contributed by atoms with E-state index in [-0.39, 0.29) is 30.1 Å². The standard InChI is InChI=1S/C12H17F3N2O2S2/c1-16-8-10-2-3-11(20-10)21(18,19)17-6-4-9(5-7-17)12(13,14)15/h2-3,9,16H,4-8H2,1H3.